The third kappa shape index (κ3) is 7.45. The molecule has 1 N–H and O–H groups in total. The zero-order valence-electron chi connectivity index (χ0n) is 19.1. The SMILES string of the molecule is CC(=O)NCC(CC(=O)OCc1ccccc1)c1cccc(OS(=O)(=O)c2ccc(C)cc2)c1. The second-order valence-electron chi connectivity index (χ2n) is 7.91. The number of esters is 1. The number of aryl methyl sites for hydroxylation is 1. The van der Waals surface area contributed by atoms with Gasteiger partial charge in [0.05, 0.1) is 6.42 Å². The topological polar surface area (TPSA) is 98.8 Å². The van der Waals surface area contributed by atoms with Gasteiger partial charge in [0.15, 0.2) is 0 Å². The maximum absolute atomic E-state index is 12.7. The zero-order chi connectivity index (χ0) is 24.6. The minimum atomic E-state index is -4.02. The van der Waals surface area contributed by atoms with Crippen LogP contribution in [0.15, 0.2) is 83.8 Å². The number of hydrogen-bond acceptors (Lipinski definition) is 6. The lowest BCUT2D eigenvalue weighted by atomic mass is 9.95. The largest absolute Gasteiger partial charge is 0.461 e. The van der Waals surface area contributed by atoms with Gasteiger partial charge >= 0.3 is 16.1 Å². The van der Waals surface area contributed by atoms with Crippen LogP contribution in [0.5, 0.6) is 5.75 Å². The first kappa shape index (κ1) is 25.0. The van der Waals surface area contributed by atoms with Crippen LogP contribution >= 0.6 is 0 Å². The summed E-state index contributed by atoms with van der Waals surface area (Å²) in [7, 11) is -4.02. The Labute approximate surface area is 199 Å². The van der Waals surface area contributed by atoms with Crippen LogP contribution in [0.25, 0.3) is 0 Å². The van der Waals surface area contributed by atoms with Crippen LogP contribution in [0, 0.1) is 6.92 Å². The molecule has 0 aromatic heterocycles. The summed E-state index contributed by atoms with van der Waals surface area (Å²) in [6.45, 7) is 3.58. The summed E-state index contributed by atoms with van der Waals surface area (Å²) in [5.74, 6) is -0.990. The third-order valence-electron chi connectivity index (χ3n) is 5.10. The molecule has 7 nitrogen and oxygen atoms in total. The van der Waals surface area contributed by atoms with E-state index in [1.807, 2.05) is 37.3 Å². The van der Waals surface area contributed by atoms with Crippen LogP contribution in [0.4, 0.5) is 0 Å². The van der Waals surface area contributed by atoms with Crippen molar-refractivity contribution in [1.82, 2.24) is 5.32 Å². The van der Waals surface area contributed by atoms with Crippen LogP contribution in [-0.2, 0) is 31.1 Å². The van der Waals surface area contributed by atoms with Crippen molar-refractivity contribution in [3.8, 4) is 5.75 Å². The maximum Gasteiger partial charge on any atom is 0.339 e. The van der Waals surface area contributed by atoms with Crippen LogP contribution in [0.1, 0.15) is 36.0 Å². The van der Waals surface area contributed by atoms with Crippen molar-refractivity contribution in [2.75, 3.05) is 6.54 Å². The van der Waals surface area contributed by atoms with Gasteiger partial charge in [-0.05, 0) is 42.3 Å². The van der Waals surface area contributed by atoms with Gasteiger partial charge in [0.25, 0.3) is 0 Å². The van der Waals surface area contributed by atoms with Crippen molar-refractivity contribution in [3.05, 3.63) is 95.6 Å². The molecule has 3 rings (SSSR count). The molecular formula is C26H27NO6S. The highest BCUT2D eigenvalue weighted by molar-refractivity contribution is 7.87. The monoisotopic (exact) mass is 481 g/mol. The summed E-state index contributed by atoms with van der Waals surface area (Å²) in [5.41, 5.74) is 2.44. The Kier molecular flexibility index (Phi) is 8.43. The minimum absolute atomic E-state index is 0.00127. The van der Waals surface area contributed by atoms with E-state index in [0.29, 0.717) is 5.56 Å². The lowest BCUT2D eigenvalue weighted by Gasteiger charge is -2.18. The van der Waals surface area contributed by atoms with Gasteiger partial charge in [-0.2, -0.15) is 8.42 Å². The first-order chi connectivity index (χ1) is 16.2. The number of carbonyl (C=O) groups excluding carboxylic acids is 2. The quantitative estimate of drug-likeness (QED) is 0.346. The van der Waals surface area contributed by atoms with E-state index >= 15 is 0 Å². The normalized spacial score (nSPS) is 11.9. The molecular weight excluding hydrogens is 454 g/mol. The average molecular weight is 482 g/mol. The third-order valence-corrected chi connectivity index (χ3v) is 6.36. The molecule has 34 heavy (non-hydrogen) atoms. The Balaban J connectivity index is 1.74. The Morgan fingerprint density at radius 3 is 2.32 bits per heavy atom. The molecule has 0 aliphatic carbocycles. The molecule has 8 heteroatoms. The molecule has 0 saturated heterocycles. The summed E-state index contributed by atoms with van der Waals surface area (Å²) < 4.78 is 36.0. The van der Waals surface area contributed by atoms with E-state index < -0.39 is 22.0 Å². The predicted molar refractivity (Wildman–Crippen MR) is 128 cm³/mol. The molecule has 0 saturated carbocycles. The lowest BCUT2D eigenvalue weighted by molar-refractivity contribution is -0.145. The first-order valence-electron chi connectivity index (χ1n) is 10.8. The summed E-state index contributed by atoms with van der Waals surface area (Å²) in [6, 6.07) is 22.1. The van der Waals surface area contributed by atoms with Crippen molar-refractivity contribution < 1.29 is 26.9 Å². The lowest BCUT2D eigenvalue weighted by Crippen LogP contribution is -2.27. The maximum atomic E-state index is 12.7. The molecule has 0 radical (unpaired) electrons. The molecule has 0 bridgehead atoms. The van der Waals surface area contributed by atoms with E-state index in [2.05, 4.69) is 5.32 Å². The number of amides is 1. The van der Waals surface area contributed by atoms with E-state index in [-0.39, 0.29) is 36.1 Å². The van der Waals surface area contributed by atoms with E-state index in [1.54, 1.807) is 30.3 Å². The van der Waals surface area contributed by atoms with Crippen molar-refractivity contribution >= 4 is 22.0 Å². The summed E-state index contributed by atoms with van der Waals surface area (Å²) in [4.78, 5) is 24.0. The number of ether oxygens (including phenoxy) is 1. The van der Waals surface area contributed by atoms with Crippen LogP contribution < -0.4 is 9.50 Å². The van der Waals surface area contributed by atoms with Crippen molar-refractivity contribution in [2.24, 2.45) is 0 Å². The van der Waals surface area contributed by atoms with Gasteiger partial charge in [0, 0.05) is 19.4 Å². The average Bonchev–Trinajstić information content (AvgIpc) is 2.81. The van der Waals surface area contributed by atoms with Gasteiger partial charge < -0.3 is 14.2 Å². The van der Waals surface area contributed by atoms with Crippen molar-refractivity contribution in [2.45, 2.75) is 37.7 Å². The van der Waals surface area contributed by atoms with E-state index in [0.717, 1.165) is 11.1 Å². The van der Waals surface area contributed by atoms with Gasteiger partial charge in [-0.15, -0.1) is 0 Å². The molecule has 1 amide bonds. The van der Waals surface area contributed by atoms with Gasteiger partial charge in [-0.3, -0.25) is 9.59 Å². The highest BCUT2D eigenvalue weighted by atomic mass is 32.2. The minimum Gasteiger partial charge on any atom is -0.461 e. The van der Waals surface area contributed by atoms with E-state index in [4.69, 9.17) is 8.92 Å². The Hall–Kier alpha value is -3.65. The molecule has 1 atom stereocenters. The van der Waals surface area contributed by atoms with E-state index in [1.165, 1.54) is 25.1 Å². The predicted octanol–water partition coefficient (Wildman–Crippen LogP) is 4.12. The van der Waals surface area contributed by atoms with Gasteiger partial charge in [-0.1, -0.05) is 60.2 Å². The highest BCUT2D eigenvalue weighted by Crippen LogP contribution is 2.26. The number of nitrogens with one attached hydrogen (secondary N) is 1. The van der Waals surface area contributed by atoms with Gasteiger partial charge in [0.1, 0.15) is 17.3 Å². The fraction of sp³-hybridized carbons (Fsp3) is 0.231. The van der Waals surface area contributed by atoms with Crippen molar-refractivity contribution in [3.63, 3.8) is 0 Å². The van der Waals surface area contributed by atoms with Crippen molar-refractivity contribution in [1.29, 1.82) is 0 Å². The Morgan fingerprint density at radius 1 is 0.941 bits per heavy atom. The second-order valence-corrected chi connectivity index (χ2v) is 9.45. The first-order valence-corrected chi connectivity index (χ1v) is 12.2. The fourth-order valence-corrected chi connectivity index (χ4v) is 4.20. The van der Waals surface area contributed by atoms with E-state index in [9.17, 15) is 18.0 Å². The number of benzene rings is 3. The molecule has 0 fully saturated rings. The Morgan fingerprint density at radius 2 is 1.65 bits per heavy atom. The summed E-state index contributed by atoms with van der Waals surface area (Å²) >= 11 is 0. The highest BCUT2D eigenvalue weighted by Gasteiger charge is 2.21. The zero-order valence-corrected chi connectivity index (χ0v) is 19.9. The smallest absolute Gasteiger partial charge is 0.339 e. The molecule has 3 aromatic carbocycles. The fourth-order valence-electron chi connectivity index (χ4n) is 3.27. The molecule has 0 aliphatic heterocycles. The number of rotatable bonds is 10. The number of hydrogen-bond donors (Lipinski definition) is 1. The summed E-state index contributed by atoms with van der Waals surface area (Å²) in [6.07, 6.45) is 0.00127. The number of carbonyl (C=O) groups is 2. The van der Waals surface area contributed by atoms with Gasteiger partial charge in [0.2, 0.25) is 5.91 Å². The molecule has 0 spiro atoms. The van der Waals surface area contributed by atoms with Crippen LogP contribution in [0.2, 0.25) is 0 Å². The molecule has 3 aromatic rings. The van der Waals surface area contributed by atoms with Crippen LogP contribution in [0.3, 0.4) is 0 Å². The molecule has 1 unspecified atom stereocenters. The standard InChI is InChI=1S/C26H27NO6S/c1-19-11-13-25(14-12-19)34(30,31)33-24-10-6-9-22(15-24)23(17-27-20(2)28)16-26(29)32-18-21-7-4-3-5-8-21/h3-15,23H,16-18H2,1-2H3,(H,27,28). The molecule has 0 aliphatic rings. The Bertz CT molecular complexity index is 1220. The second kappa shape index (κ2) is 11.5. The van der Waals surface area contributed by atoms with Crippen LogP contribution in [-0.4, -0.2) is 26.8 Å². The molecule has 0 heterocycles. The van der Waals surface area contributed by atoms with Gasteiger partial charge in [-0.25, -0.2) is 0 Å². The summed E-state index contributed by atoms with van der Waals surface area (Å²) in [5, 5.41) is 2.72. The molecule has 178 valence electrons.